The van der Waals surface area contributed by atoms with Gasteiger partial charge in [-0.15, -0.1) is 0 Å². The van der Waals surface area contributed by atoms with Crippen LogP contribution in [0, 0.1) is 6.92 Å². The van der Waals surface area contributed by atoms with Crippen LogP contribution in [0.5, 0.6) is 11.5 Å². The van der Waals surface area contributed by atoms with Crippen molar-refractivity contribution in [3.05, 3.63) is 59.6 Å². The van der Waals surface area contributed by atoms with E-state index in [-0.39, 0.29) is 0 Å². The van der Waals surface area contributed by atoms with Gasteiger partial charge >= 0.3 is 0 Å². The molecule has 1 aliphatic carbocycles. The number of nitrogens with zero attached hydrogens (tertiary/aromatic N) is 6. The van der Waals surface area contributed by atoms with E-state index in [1.165, 1.54) is 18.4 Å². The summed E-state index contributed by atoms with van der Waals surface area (Å²) >= 11 is 0. The number of aryl methyl sites for hydroxylation is 2. The molecule has 1 saturated carbocycles. The van der Waals surface area contributed by atoms with Crippen molar-refractivity contribution in [3.8, 4) is 11.5 Å². The lowest BCUT2D eigenvalue weighted by atomic mass is 9.89. The molecule has 5 heterocycles. The lowest BCUT2D eigenvalue weighted by molar-refractivity contribution is 0.0839. The summed E-state index contributed by atoms with van der Waals surface area (Å²) in [5.41, 5.74) is 3.34. The molecule has 2 aliphatic heterocycles. The van der Waals surface area contributed by atoms with Crippen molar-refractivity contribution >= 4 is 10.9 Å². The van der Waals surface area contributed by atoms with Gasteiger partial charge in [0.05, 0.1) is 17.8 Å². The minimum Gasteiger partial charge on any atom is -0.453 e. The van der Waals surface area contributed by atoms with E-state index in [0.717, 1.165) is 85.2 Å². The van der Waals surface area contributed by atoms with Crippen LogP contribution < -0.4 is 4.74 Å². The molecule has 3 aromatic heterocycles. The molecule has 8 nitrogen and oxygen atoms in total. The molecule has 3 aliphatic rings. The number of ether oxygens (including phenoxy) is 2. The molecule has 35 heavy (non-hydrogen) atoms. The number of aromatic nitrogens is 6. The molecule has 1 unspecified atom stereocenters. The Morgan fingerprint density at radius 2 is 1.86 bits per heavy atom. The Balaban J connectivity index is 1.19. The van der Waals surface area contributed by atoms with Gasteiger partial charge < -0.3 is 9.47 Å². The Morgan fingerprint density at radius 3 is 2.71 bits per heavy atom. The van der Waals surface area contributed by atoms with Crippen molar-refractivity contribution in [3.63, 3.8) is 0 Å². The van der Waals surface area contributed by atoms with Crippen molar-refractivity contribution in [2.24, 2.45) is 0 Å². The average molecular weight is 471 g/mol. The second-order valence-electron chi connectivity index (χ2n) is 10.2. The molecule has 0 bridgehead atoms. The lowest BCUT2D eigenvalue weighted by Gasteiger charge is -2.23. The maximum Gasteiger partial charge on any atom is 0.168 e. The van der Waals surface area contributed by atoms with Gasteiger partial charge in [0.15, 0.2) is 5.75 Å². The van der Waals surface area contributed by atoms with Gasteiger partial charge in [-0.1, -0.05) is 6.07 Å². The van der Waals surface area contributed by atoms with E-state index < -0.39 is 0 Å². The van der Waals surface area contributed by atoms with E-state index >= 15 is 0 Å². The number of hydrogen-bond acceptors (Lipinski definition) is 6. The Hall–Kier alpha value is -3.26. The van der Waals surface area contributed by atoms with Crippen molar-refractivity contribution in [1.29, 1.82) is 0 Å². The van der Waals surface area contributed by atoms with Crippen LogP contribution >= 0.6 is 0 Å². The highest BCUT2D eigenvalue weighted by Gasteiger charge is 2.30. The van der Waals surface area contributed by atoms with Crippen LogP contribution in [-0.4, -0.2) is 42.7 Å². The SMILES string of the molecule is Cc1nc2n(n1)CCC(c1ccc3c(Oc4cn(C5CC5)nc4C4CCOCC4)ccnc3c1)C2. The van der Waals surface area contributed by atoms with Gasteiger partial charge in [0.2, 0.25) is 0 Å². The summed E-state index contributed by atoms with van der Waals surface area (Å²) in [6.45, 7) is 4.45. The normalized spacial score (nSPS) is 20.8. The molecule has 0 spiro atoms. The smallest absolute Gasteiger partial charge is 0.168 e. The summed E-state index contributed by atoms with van der Waals surface area (Å²) in [6, 6.07) is 9.10. The van der Waals surface area contributed by atoms with Crippen molar-refractivity contribution in [2.75, 3.05) is 13.2 Å². The highest BCUT2D eigenvalue weighted by Crippen LogP contribution is 2.41. The molecule has 1 aromatic carbocycles. The van der Waals surface area contributed by atoms with Crippen LogP contribution in [0.3, 0.4) is 0 Å². The van der Waals surface area contributed by atoms with Gasteiger partial charge in [-0.3, -0.25) is 9.67 Å². The Labute approximate surface area is 204 Å². The zero-order valence-electron chi connectivity index (χ0n) is 20.1. The van der Waals surface area contributed by atoms with Gasteiger partial charge in [-0.2, -0.15) is 10.2 Å². The fraction of sp³-hybridized carbons (Fsp3) is 0.481. The Kier molecular flexibility index (Phi) is 5.08. The largest absolute Gasteiger partial charge is 0.453 e. The number of benzene rings is 1. The zero-order valence-corrected chi connectivity index (χ0v) is 20.1. The van der Waals surface area contributed by atoms with Crippen LogP contribution in [0.4, 0.5) is 0 Å². The van der Waals surface area contributed by atoms with E-state index in [4.69, 9.17) is 19.6 Å². The summed E-state index contributed by atoms with van der Waals surface area (Å²) < 4.78 is 16.3. The molecule has 2 fully saturated rings. The first-order valence-corrected chi connectivity index (χ1v) is 12.8. The fourth-order valence-electron chi connectivity index (χ4n) is 5.56. The molecule has 7 rings (SSSR count). The zero-order chi connectivity index (χ0) is 23.4. The third-order valence-electron chi connectivity index (χ3n) is 7.64. The lowest BCUT2D eigenvalue weighted by Crippen LogP contribution is -2.19. The molecule has 4 aromatic rings. The topological polar surface area (TPSA) is 79.9 Å². The van der Waals surface area contributed by atoms with Crippen molar-refractivity contribution in [2.45, 2.75) is 69.9 Å². The first-order chi connectivity index (χ1) is 17.2. The summed E-state index contributed by atoms with van der Waals surface area (Å²) in [4.78, 5) is 9.31. The molecule has 0 amide bonds. The average Bonchev–Trinajstić information content (AvgIpc) is 3.55. The molecular weight excluding hydrogens is 440 g/mol. The third kappa shape index (κ3) is 3.99. The number of fused-ring (bicyclic) bond motifs is 2. The highest BCUT2D eigenvalue weighted by atomic mass is 16.5. The maximum absolute atomic E-state index is 6.58. The van der Waals surface area contributed by atoms with Crippen LogP contribution in [-0.2, 0) is 17.7 Å². The summed E-state index contributed by atoms with van der Waals surface area (Å²) in [5, 5.41) is 10.5. The molecule has 180 valence electrons. The van der Waals surface area contributed by atoms with E-state index in [0.29, 0.717) is 17.9 Å². The van der Waals surface area contributed by atoms with E-state index in [1.54, 1.807) is 0 Å². The van der Waals surface area contributed by atoms with Gasteiger partial charge in [-0.05, 0) is 68.7 Å². The number of rotatable bonds is 5. The van der Waals surface area contributed by atoms with Crippen LogP contribution in [0.25, 0.3) is 10.9 Å². The van der Waals surface area contributed by atoms with Gasteiger partial charge in [0.25, 0.3) is 0 Å². The first-order valence-electron chi connectivity index (χ1n) is 12.8. The number of hydrogen-bond donors (Lipinski definition) is 0. The Morgan fingerprint density at radius 1 is 0.971 bits per heavy atom. The first kappa shape index (κ1) is 21.1. The van der Waals surface area contributed by atoms with Gasteiger partial charge in [0, 0.05) is 43.7 Å². The second kappa shape index (κ2) is 8.45. The molecule has 1 atom stereocenters. The standard InChI is InChI=1S/C27H30N6O2/c1-17-29-26-15-20(7-11-32(26)30-17)19-2-5-22-23(14-19)28-10-6-24(22)35-25-16-33(21-3-4-21)31-27(25)18-8-12-34-13-9-18/h2,5-6,10,14,16,18,20-21H,3-4,7-9,11-13,15H2,1H3. The molecule has 1 saturated heterocycles. The van der Waals surface area contributed by atoms with Crippen LogP contribution in [0.15, 0.2) is 36.7 Å². The second-order valence-corrected chi connectivity index (χ2v) is 10.2. The molecular formula is C27H30N6O2. The van der Waals surface area contributed by atoms with E-state index in [1.807, 2.05) is 19.2 Å². The van der Waals surface area contributed by atoms with Crippen molar-refractivity contribution in [1.82, 2.24) is 29.5 Å². The molecule has 8 heteroatoms. The fourth-order valence-corrected chi connectivity index (χ4v) is 5.56. The highest BCUT2D eigenvalue weighted by molar-refractivity contribution is 5.85. The third-order valence-corrected chi connectivity index (χ3v) is 7.64. The van der Waals surface area contributed by atoms with Crippen LogP contribution in [0.2, 0.25) is 0 Å². The van der Waals surface area contributed by atoms with Gasteiger partial charge in [0.1, 0.15) is 23.1 Å². The summed E-state index contributed by atoms with van der Waals surface area (Å²) in [7, 11) is 0. The predicted octanol–water partition coefficient (Wildman–Crippen LogP) is 5.08. The van der Waals surface area contributed by atoms with Gasteiger partial charge in [-0.25, -0.2) is 9.67 Å². The molecule has 0 radical (unpaired) electrons. The van der Waals surface area contributed by atoms with E-state index in [9.17, 15) is 0 Å². The Bertz CT molecular complexity index is 1380. The van der Waals surface area contributed by atoms with Crippen LogP contribution in [0.1, 0.15) is 72.9 Å². The van der Waals surface area contributed by atoms with E-state index in [2.05, 4.69) is 43.8 Å². The maximum atomic E-state index is 6.58. The minimum atomic E-state index is 0.385. The number of pyridine rings is 1. The monoisotopic (exact) mass is 470 g/mol. The predicted molar refractivity (Wildman–Crippen MR) is 131 cm³/mol. The summed E-state index contributed by atoms with van der Waals surface area (Å²) in [6.07, 6.45) is 10.3. The van der Waals surface area contributed by atoms with Crippen molar-refractivity contribution < 1.29 is 9.47 Å². The molecule has 0 N–H and O–H groups in total. The minimum absolute atomic E-state index is 0.385. The summed E-state index contributed by atoms with van der Waals surface area (Å²) in [5.74, 6) is 4.46. The quantitative estimate of drug-likeness (QED) is 0.405.